The van der Waals surface area contributed by atoms with E-state index in [9.17, 15) is 13.2 Å². The van der Waals surface area contributed by atoms with E-state index in [1.165, 1.54) is 45.5 Å². The Hall–Kier alpha value is -7.53. The molecule has 460 valence electrons. The predicted molar refractivity (Wildman–Crippen MR) is 346 cm³/mol. The summed E-state index contributed by atoms with van der Waals surface area (Å²) in [4.78, 5) is 3.36. The first-order valence-corrected chi connectivity index (χ1v) is 30.0. The first-order valence-electron chi connectivity index (χ1n) is 30.0. The summed E-state index contributed by atoms with van der Waals surface area (Å²) in [5, 5.41) is 13.4. The van der Waals surface area contributed by atoms with E-state index in [0.717, 1.165) is 79.7 Å². The van der Waals surface area contributed by atoms with Gasteiger partial charge in [-0.2, -0.15) is 18.3 Å². The number of aromatic nitrogens is 2. The third-order valence-corrected chi connectivity index (χ3v) is 12.8. The highest BCUT2D eigenvalue weighted by molar-refractivity contribution is 5.65. The quantitative estimate of drug-likeness (QED) is 0.0504. The minimum absolute atomic E-state index is 0.0923. The molecular formula is C74H92F3N3O6. The highest BCUT2D eigenvalue weighted by atomic mass is 19.4. The Labute approximate surface area is 512 Å². The summed E-state index contributed by atoms with van der Waals surface area (Å²) in [5.74, 6) is 2.27. The van der Waals surface area contributed by atoms with Gasteiger partial charge in [-0.1, -0.05) is 165 Å². The second-order valence-corrected chi connectivity index (χ2v) is 22.4. The van der Waals surface area contributed by atoms with Gasteiger partial charge >= 0.3 is 6.18 Å². The van der Waals surface area contributed by atoms with Crippen molar-refractivity contribution in [2.45, 2.75) is 165 Å². The van der Waals surface area contributed by atoms with Crippen LogP contribution in [0.4, 0.5) is 18.9 Å². The maximum atomic E-state index is 12.7. The number of hydrogen-bond acceptors (Lipinski definition) is 7. The summed E-state index contributed by atoms with van der Waals surface area (Å²) in [7, 11) is 0. The standard InChI is InChI=1S/C18H19F3O.C18H22O2.C13H16N2.C13H17NO.C12H18O2/c1-13(2)22-11-10-14-6-8-15(9-7-14)16-4-3-5-17(12-16)18(19,20)21;1-14(2)20-12-11-15-3-7-17(8-4-15)18-9-5-16(13-19)6-10-18;1-11(2)13-8-14-15(10-13)9-12-6-4-3-5-7-12;1-11(2)15-10-4-5-12-6-8-13(14-3)9-7-12;1-9(2)13-11-6-5-7-12(8-11)14-10(3)4/h3-9,12-13H,10-11H2,1-2H3;3-10,14,19H,11-13H2,1-2H3;3-8,10-11H,9H2,1-2H3;6-9,11H,4-5,10H2,1-2H3;5-10H,1-4H3. The Bertz CT molecular complexity index is 3090. The number of aryl methyl sites for hydroxylation is 1. The van der Waals surface area contributed by atoms with Crippen molar-refractivity contribution in [3.63, 3.8) is 0 Å². The second-order valence-electron chi connectivity index (χ2n) is 22.4. The van der Waals surface area contributed by atoms with Crippen LogP contribution in [0.15, 0.2) is 188 Å². The molecule has 8 rings (SSSR count). The van der Waals surface area contributed by atoms with Crippen molar-refractivity contribution in [3.8, 4) is 33.8 Å². The van der Waals surface area contributed by atoms with E-state index >= 15 is 0 Å². The lowest BCUT2D eigenvalue weighted by Crippen LogP contribution is -2.07. The van der Waals surface area contributed by atoms with Crippen LogP contribution in [0.3, 0.4) is 0 Å². The number of hydrogen-bond donors (Lipinski definition) is 1. The molecular weight excluding hydrogens is 1080 g/mol. The van der Waals surface area contributed by atoms with E-state index in [-0.39, 0.29) is 24.9 Å². The maximum absolute atomic E-state index is 12.7. The lowest BCUT2D eigenvalue weighted by atomic mass is 10.0. The molecule has 86 heavy (non-hydrogen) atoms. The van der Waals surface area contributed by atoms with E-state index in [1.807, 2.05) is 169 Å². The van der Waals surface area contributed by atoms with Crippen molar-refractivity contribution in [1.29, 1.82) is 0 Å². The van der Waals surface area contributed by atoms with Crippen LogP contribution in [0.25, 0.3) is 27.1 Å². The van der Waals surface area contributed by atoms with Crippen molar-refractivity contribution in [1.82, 2.24) is 9.78 Å². The molecule has 0 spiro atoms. The molecule has 12 heteroatoms. The van der Waals surface area contributed by atoms with Crippen LogP contribution in [-0.4, -0.2) is 65.2 Å². The number of alkyl halides is 3. The number of aliphatic hydroxyl groups excluding tert-OH is 1. The Morgan fingerprint density at radius 3 is 1.37 bits per heavy atom. The molecule has 0 bridgehead atoms. The molecule has 1 aromatic heterocycles. The molecule has 0 saturated carbocycles. The summed E-state index contributed by atoms with van der Waals surface area (Å²) in [6, 6.07) is 55.4. The summed E-state index contributed by atoms with van der Waals surface area (Å²) in [6.45, 7) is 34.6. The van der Waals surface area contributed by atoms with Gasteiger partial charge in [-0.3, -0.25) is 4.68 Å². The molecule has 0 unspecified atom stereocenters. The maximum Gasteiger partial charge on any atom is 0.416 e. The molecule has 0 aliphatic heterocycles. The molecule has 0 radical (unpaired) electrons. The second kappa shape index (κ2) is 38.5. The number of ether oxygens (including phenoxy) is 5. The van der Waals surface area contributed by atoms with Gasteiger partial charge in [0.2, 0.25) is 0 Å². The molecule has 0 atom stereocenters. The molecule has 0 fully saturated rings. The fraction of sp³-hybridized carbons (Fsp3) is 0.378. The van der Waals surface area contributed by atoms with Crippen molar-refractivity contribution >= 4 is 5.69 Å². The third kappa shape index (κ3) is 29.0. The van der Waals surface area contributed by atoms with Crippen LogP contribution in [-0.2, 0) is 52.8 Å². The summed E-state index contributed by atoms with van der Waals surface area (Å²) >= 11 is 0. The summed E-state index contributed by atoms with van der Waals surface area (Å²) in [5.41, 5.74) is 11.0. The molecule has 0 saturated heterocycles. The molecule has 0 aliphatic rings. The first-order chi connectivity index (χ1) is 41.1. The van der Waals surface area contributed by atoms with E-state index in [2.05, 4.69) is 92.4 Å². The van der Waals surface area contributed by atoms with Crippen molar-refractivity contribution < 1.29 is 42.0 Å². The van der Waals surface area contributed by atoms with Crippen molar-refractivity contribution in [3.05, 3.63) is 239 Å². The molecule has 9 nitrogen and oxygen atoms in total. The normalized spacial score (nSPS) is 11.0. The number of aliphatic hydroxyl groups is 1. The SMILES string of the molecule is CC(C)OCCc1ccc(-c2ccc(CO)cc2)cc1.CC(C)OCCc1ccc(-c2cccc(C(F)(F)F)c2)cc1.CC(C)Oc1cccc(OC(C)C)c1.CC(C)c1cnn(Cc2ccccc2)c1.[C-]#[N+]c1ccc(CCCOC(C)C)cc1. The van der Waals surface area contributed by atoms with Crippen LogP contribution in [0, 0.1) is 6.57 Å². The average molecular weight is 1180 g/mol. The number of halogens is 3. The zero-order valence-electron chi connectivity index (χ0n) is 52.7. The van der Waals surface area contributed by atoms with Gasteiger partial charge in [0.15, 0.2) is 5.69 Å². The lowest BCUT2D eigenvalue weighted by molar-refractivity contribution is -0.137. The Morgan fingerprint density at radius 2 is 0.930 bits per heavy atom. The molecule has 0 amide bonds. The van der Waals surface area contributed by atoms with Gasteiger partial charge in [-0.05, 0) is 175 Å². The van der Waals surface area contributed by atoms with Gasteiger partial charge < -0.3 is 28.8 Å². The Morgan fingerprint density at radius 1 is 0.477 bits per heavy atom. The Balaban J connectivity index is 0.000000233. The van der Waals surface area contributed by atoms with Crippen LogP contribution in [0.5, 0.6) is 11.5 Å². The van der Waals surface area contributed by atoms with Gasteiger partial charge in [0.05, 0.1) is 75.2 Å². The van der Waals surface area contributed by atoms with Crippen molar-refractivity contribution in [2.24, 2.45) is 0 Å². The van der Waals surface area contributed by atoms with Crippen LogP contribution < -0.4 is 9.47 Å². The van der Waals surface area contributed by atoms with Crippen molar-refractivity contribution in [2.75, 3.05) is 19.8 Å². The highest BCUT2D eigenvalue weighted by Crippen LogP contribution is 2.32. The zero-order chi connectivity index (χ0) is 62.9. The first kappa shape index (κ1) is 71.0. The van der Waals surface area contributed by atoms with E-state index in [4.69, 9.17) is 35.4 Å². The van der Waals surface area contributed by atoms with E-state index in [0.29, 0.717) is 36.0 Å². The zero-order valence-corrected chi connectivity index (χ0v) is 52.7. The highest BCUT2D eigenvalue weighted by Gasteiger charge is 2.30. The van der Waals surface area contributed by atoms with Gasteiger partial charge in [-0.15, -0.1) is 0 Å². The van der Waals surface area contributed by atoms with Crippen LogP contribution >= 0.6 is 0 Å². The Kier molecular flexibility index (Phi) is 31.8. The molecule has 0 aliphatic carbocycles. The summed E-state index contributed by atoms with van der Waals surface area (Å²) < 4.78 is 67.8. The van der Waals surface area contributed by atoms with Gasteiger partial charge in [0, 0.05) is 18.9 Å². The van der Waals surface area contributed by atoms with E-state index in [1.54, 1.807) is 6.07 Å². The van der Waals surface area contributed by atoms with Crippen LogP contribution in [0.1, 0.15) is 134 Å². The number of rotatable bonds is 23. The average Bonchev–Trinajstić information content (AvgIpc) is 3.60. The topological polar surface area (TPSA) is 88.6 Å². The van der Waals surface area contributed by atoms with Crippen LogP contribution in [0.2, 0.25) is 0 Å². The van der Waals surface area contributed by atoms with Gasteiger partial charge in [-0.25, -0.2) is 4.85 Å². The molecule has 8 aromatic rings. The monoisotopic (exact) mass is 1180 g/mol. The predicted octanol–water partition coefficient (Wildman–Crippen LogP) is 19.1. The van der Waals surface area contributed by atoms with Gasteiger partial charge in [0.25, 0.3) is 0 Å². The molecule has 1 N–H and O–H groups in total. The molecule has 7 aromatic carbocycles. The lowest BCUT2D eigenvalue weighted by Gasteiger charge is -2.13. The smallest absolute Gasteiger partial charge is 0.416 e. The third-order valence-electron chi connectivity index (χ3n) is 12.8. The molecule has 1 heterocycles. The van der Waals surface area contributed by atoms with Gasteiger partial charge in [0.1, 0.15) is 11.5 Å². The fourth-order valence-electron chi connectivity index (χ4n) is 8.26. The minimum Gasteiger partial charge on any atom is -0.491 e. The van der Waals surface area contributed by atoms with E-state index < -0.39 is 11.7 Å². The number of benzene rings is 7. The summed E-state index contributed by atoms with van der Waals surface area (Å²) in [6.07, 6.45) is 4.76. The minimum atomic E-state index is -4.32. The largest absolute Gasteiger partial charge is 0.491 e. The number of nitrogens with zero attached hydrogens (tertiary/aromatic N) is 3. The fourth-order valence-corrected chi connectivity index (χ4v) is 8.26.